The fraction of sp³-hybridized carbons (Fsp3) is 0.407. The van der Waals surface area contributed by atoms with E-state index in [0.717, 1.165) is 11.1 Å². The maximum absolute atomic E-state index is 13.0. The topological polar surface area (TPSA) is 150 Å². The molecule has 0 radical (unpaired) electrons. The Morgan fingerprint density at radius 1 is 0.897 bits per heavy atom. The molecule has 6 N–H and O–H groups in total. The molecule has 0 fully saturated rings. The molecule has 0 spiro atoms. The number of hydrogen-bond donors (Lipinski definition) is 5. The summed E-state index contributed by atoms with van der Waals surface area (Å²) < 4.78 is 13.0. The monoisotopic (exact) mass is 583 g/mol. The number of carbonyl (C=O) groups is 2. The minimum atomic E-state index is -1.18. The molecule has 9 nitrogen and oxygen atoms in total. The van der Waals surface area contributed by atoms with Gasteiger partial charge in [0, 0.05) is 0 Å². The number of aliphatic carboxylic acids is 2. The molecular formula is C27H32Cl2FN3O6. The Bertz CT molecular complexity index is 1230. The molecule has 4 atom stereocenters. The number of aliphatic hydroxyl groups is 2. The Labute approximate surface area is 237 Å². The molecule has 2 rings (SSSR count). The molecule has 0 aromatic heterocycles. The molecule has 0 aliphatic carbocycles. The summed E-state index contributed by atoms with van der Waals surface area (Å²) in [5.74, 6) is -3.43. The van der Waals surface area contributed by atoms with Crippen molar-refractivity contribution in [2.24, 2.45) is 11.7 Å². The Kier molecular flexibility index (Phi) is 15.9. The summed E-state index contributed by atoms with van der Waals surface area (Å²) in [7, 11) is 0. The van der Waals surface area contributed by atoms with Crippen molar-refractivity contribution in [3.63, 3.8) is 0 Å². The van der Waals surface area contributed by atoms with Crippen LogP contribution in [0, 0.1) is 24.9 Å². The Morgan fingerprint density at radius 2 is 1.36 bits per heavy atom. The Balaban J connectivity index is 0.000000616. The van der Waals surface area contributed by atoms with Gasteiger partial charge in [-0.2, -0.15) is 0 Å². The van der Waals surface area contributed by atoms with Crippen LogP contribution in [0.25, 0.3) is 9.69 Å². The van der Waals surface area contributed by atoms with Gasteiger partial charge in [-0.15, -0.1) is 0 Å². The second-order valence-electron chi connectivity index (χ2n) is 8.32. The summed E-state index contributed by atoms with van der Waals surface area (Å²) >= 11 is 11.9. The zero-order valence-electron chi connectivity index (χ0n) is 22.0. The maximum Gasteiger partial charge on any atom is 0.323 e. The largest absolute Gasteiger partial charge is 0.481 e. The number of halogens is 3. The number of aliphatic hydroxyl groups excluding tert-OH is 2. The first kappa shape index (κ1) is 35.8. The van der Waals surface area contributed by atoms with Crippen molar-refractivity contribution in [1.82, 2.24) is 0 Å². The second-order valence-corrected chi connectivity index (χ2v) is 9.08. The summed E-state index contributed by atoms with van der Waals surface area (Å²) in [5.41, 5.74) is 7.56. The van der Waals surface area contributed by atoms with E-state index in [2.05, 4.69) is 9.69 Å². The van der Waals surface area contributed by atoms with Gasteiger partial charge in [-0.3, -0.25) is 9.59 Å². The first-order valence-electron chi connectivity index (χ1n) is 11.8. The SMILES string of the molecule is C[C@@H](O)[C@@H](N)C(=O)O.[C-]#[N+]c1ccc(C[C@@H](C(=O)O)[C@@H](C)O)c(CC)c1Cl.[C-]#[N+]c1ccc(F)c(CC)c1Cl. The van der Waals surface area contributed by atoms with E-state index in [9.17, 15) is 19.1 Å². The summed E-state index contributed by atoms with van der Waals surface area (Å²) in [6, 6.07) is 4.82. The number of carboxylic acids is 2. The van der Waals surface area contributed by atoms with Crippen LogP contribution in [0.3, 0.4) is 0 Å². The van der Waals surface area contributed by atoms with E-state index < -0.39 is 36.1 Å². The van der Waals surface area contributed by atoms with Crippen molar-refractivity contribution in [2.45, 2.75) is 65.2 Å². The zero-order valence-corrected chi connectivity index (χ0v) is 23.5. The van der Waals surface area contributed by atoms with E-state index >= 15 is 0 Å². The summed E-state index contributed by atoms with van der Waals surface area (Å²) in [5, 5.41) is 35.8. The van der Waals surface area contributed by atoms with Crippen LogP contribution in [-0.2, 0) is 28.9 Å². The van der Waals surface area contributed by atoms with Crippen molar-refractivity contribution in [3.8, 4) is 0 Å². The molecule has 0 aliphatic heterocycles. The second kappa shape index (κ2) is 17.4. The van der Waals surface area contributed by atoms with Crippen molar-refractivity contribution >= 4 is 46.5 Å². The third-order valence-electron chi connectivity index (χ3n) is 5.58. The smallest absolute Gasteiger partial charge is 0.323 e. The lowest BCUT2D eigenvalue weighted by molar-refractivity contribution is -0.145. The van der Waals surface area contributed by atoms with Gasteiger partial charge in [0.15, 0.2) is 0 Å². The van der Waals surface area contributed by atoms with Gasteiger partial charge >= 0.3 is 11.9 Å². The van der Waals surface area contributed by atoms with E-state index in [1.807, 2.05) is 6.92 Å². The zero-order chi connectivity index (χ0) is 30.4. The number of nitrogens with zero attached hydrogens (tertiary/aromatic N) is 2. The van der Waals surface area contributed by atoms with Crippen LogP contribution in [0.2, 0.25) is 10.0 Å². The molecule has 0 amide bonds. The van der Waals surface area contributed by atoms with Crippen LogP contribution < -0.4 is 5.73 Å². The summed E-state index contributed by atoms with van der Waals surface area (Å²) in [4.78, 5) is 27.5. The van der Waals surface area contributed by atoms with E-state index in [1.165, 1.54) is 26.0 Å². The molecule has 0 saturated carbocycles. The highest BCUT2D eigenvalue weighted by molar-refractivity contribution is 6.34. The first-order valence-corrected chi connectivity index (χ1v) is 12.5. The molecule has 0 aliphatic rings. The maximum atomic E-state index is 13.0. The lowest BCUT2D eigenvalue weighted by Crippen LogP contribution is -2.39. The fourth-order valence-corrected chi connectivity index (χ4v) is 3.90. The molecule has 2 aromatic rings. The van der Waals surface area contributed by atoms with Crippen LogP contribution in [0.5, 0.6) is 0 Å². The normalized spacial score (nSPS) is 13.1. The average molecular weight is 584 g/mol. The molecule has 0 saturated heterocycles. The van der Waals surface area contributed by atoms with Crippen LogP contribution in [0.1, 0.15) is 44.4 Å². The van der Waals surface area contributed by atoms with Crippen LogP contribution in [0.4, 0.5) is 15.8 Å². The number of benzene rings is 2. The molecule has 2 aromatic carbocycles. The highest BCUT2D eigenvalue weighted by Crippen LogP contribution is 2.33. The highest BCUT2D eigenvalue weighted by Gasteiger charge is 2.25. The highest BCUT2D eigenvalue weighted by atomic mass is 35.5. The van der Waals surface area contributed by atoms with Gasteiger partial charge in [0.05, 0.1) is 41.3 Å². The molecule has 0 bridgehead atoms. The van der Waals surface area contributed by atoms with Crippen molar-refractivity contribution in [1.29, 1.82) is 0 Å². The lowest BCUT2D eigenvalue weighted by Gasteiger charge is -2.18. The molecule has 0 unspecified atom stereocenters. The van der Waals surface area contributed by atoms with Crippen LogP contribution in [0.15, 0.2) is 24.3 Å². The van der Waals surface area contributed by atoms with E-state index in [0.29, 0.717) is 34.8 Å². The Morgan fingerprint density at radius 3 is 1.69 bits per heavy atom. The predicted octanol–water partition coefficient (Wildman–Crippen LogP) is 5.45. The van der Waals surface area contributed by atoms with Crippen LogP contribution in [-0.4, -0.2) is 50.6 Å². The van der Waals surface area contributed by atoms with Gasteiger partial charge in [0.2, 0.25) is 11.4 Å². The number of hydrogen-bond acceptors (Lipinski definition) is 5. The summed E-state index contributed by atoms with van der Waals surface area (Å²) in [6.45, 7) is 20.2. The standard InChI is InChI=1S/C14H16ClNO3.C9H7ClFN.C4H9NO3/c1-4-10-9(5-6-12(16-3)13(10)15)7-11(8(2)17)14(18)19;1-3-6-7(11)4-5-8(12-2)9(6)10;1-2(6)3(5)4(7)8/h5-6,8,11,17H,4,7H2,1-2H3,(H,18,19);4-5H,3H2,1H3;2-3,6H,5H2,1H3,(H,7,8)/t8-,11-;;2-,3-/m1.1/s1. The third-order valence-corrected chi connectivity index (χ3v) is 6.42. The van der Waals surface area contributed by atoms with Gasteiger partial charge in [0.1, 0.15) is 11.9 Å². The van der Waals surface area contributed by atoms with E-state index in [4.69, 9.17) is 57.4 Å². The number of nitrogens with two attached hydrogens (primary N) is 1. The van der Waals surface area contributed by atoms with Gasteiger partial charge in [-0.25, -0.2) is 14.1 Å². The Hall–Kier alpha value is -3.25. The third kappa shape index (κ3) is 10.8. The molecule has 0 heterocycles. The average Bonchev–Trinajstić information content (AvgIpc) is 2.87. The van der Waals surface area contributed by atoms with Gasteiger partial charge in [-0.1, -0.05) is 55.2 Å². The predicted molar refractivity (Wildman–Crippen MR) is 148 cm³/mol. The summed E-state index contributed by atoms with van der Waals surface area (Å²) in [6.07, 6.45) is -0.597. The molecular weight excluding hydrogens is 552 g/mol. The van der Waals surface area contributed by atoms with E-state index in [1.54, 1.807) is 19.1 Å². The first-order chi connectivity index (χ1) is 18.2. The minimum Gasteiger partial charge on any atom is -0.481 e. The molecule has 12 heteroatoms. The quantitative estimate of drug-likeness (QED) is 0.259. The van der Waals surface area contributed by atoms with Crippen molar-refractivity contribution in [2.75, 3.05) is 0 Å². The van der Waals surface area contributed by atoms with Crippen molar-refractivity contribution in [3.05, 3.63) is 79.7 Å². The van der Waals surface area contributed by atoms with Crippen molar-refractivity contribution < 1.29 is 34.4 Å². The molecule has 39 heavy (non-hydrogen) atoms. The molecule has 212 valence electrons. The number of rotatable bonds is 8. The fourth-order valence-electron chi connectivity index (χ4n) is 3.21. The van der Waals surface area contributed by atoms with Gasteiger partial charge in [-0.05, 0) is 55.9 Å². The van der Waals surface area contributed by atoms with Gasteiger partial charge in [0.25, 0.3) is 0 Å². The lowest BCUT2D eigenvalue weighted by atomic mass is 9.91. The van der Waals surface area contributed by atoms with E-state index in [-0.39, 0.29) is 17.3 Å². The van der Waals surface area contributed by atoms with Gasteiger partial charge < -0.3 is 26.2 Å². The number of carboxylic acid groups (broad SMARTS) is 2. The van der Waals surface area contributed by atoms with Crippen LogP contribution >= 0.6 is 23.2 Å². The minimum absolute atomic E-state index is 0.203.